The van der Waals surface area contributed by atoms with Crippen molar-refractivity contribution in [2.45, 2.75) is 24.3 Å². The molecule has 0 aromatic heterocycles. The molecule has 0 spiro atoms. The number of para-hydroxylation sites is 1. The minimum Gasteiger partial charge on any atom is -0.687 e. The van der Waals surface area contributed by atoms with E-state index in [1.165, 1.54) is 0 Å². The van der Waals surface area contributed by atoms with Crippen molar-refractivity contribution in [2.24, 2.45) is 0 Å². The van der Waals surface area contributed by atoms with E-state index in [9.17, 15) is 23.1 Å². The van der Waals surface area contributed by atoms with Gasteiger partial charge in [-0.1, -0.05) is 30.3 Å². The van der Waals surface area contributed by atoms with Gasteiger partial charge in [-0.25, -0.2) is 0 Å². The number of rotatable bonds is 8. The van der Waals surface area contributed by atoms with Crippen LogP contribution in [0.15, 0.2) is 54.6 Å². The Balaban J connectivity index is 1.98. The van der Waals surface area contributed by atoms with Gasteiger partial charge in [0.05, 0.1) is 0 Å². The summed E-state index contributed by atoms with van der Waals surface area (Å²) < 4.78 is 36.7. The van der Waals surface area contributed by atoms with Crippen molar-refractivity contribution in [3.8, 4) is 11.5 Å². The van der Waals surface area contributed by atoms with Crippen LogP contribution in [0, 0.1) is 0 Å². The summed E-state index contributed by atoms with van der Waals surface area (Å²) in [4.78, 5) is 30.7. The van der Waals surface area contributed by atoms with E-state index >= 15 is 0 Å². The maximum atomic E-state index is 11.0. The van der Waals surface area contributed by atoms with E-state index < -0.39 is 29.5 Å². The van der Waals surface area contributed by atoms with Gasteiger partial charge < -0.3 is 19.4 Å². The van der Waals surface area contributed by atoms with Crippen molar-refractivity contribution in [1.82, 2.24) is 0 Å². The highest BCUT2D eigenvalue weighted by atomic mass is 32.2. The molecule has 1 atom stereocenters. The van der Waals surface area contributed by atoms with Gasteiger partial charge in [-0.2, -0.15) is 8.42 Å². The summed E-state index contributed by atoms with van der Waals surface area (Å²) in [6, 6.07) is 16.1. The Morgan fingerprint density at radius 1 is 1.00 bits per heavy atom. The molecule has 1 N–H and O–H groups in total. The molecule has 0 bridgehead atoms. The topological polar surface area (TPSA) is 133 Å². The summed E-state index contributed by atoms with van der Waals surface area (Å²) in [5.74, 6) is 1.23. The summed E-state index contributed by atoms with van der Waals surface area (Å²) >= 11 is 0. The number of hydrogen-bond donors (Lipinski definition) is 1. The molecule has 9 heteroatoms. The van der Waals surface area contributed by atoms with Crippen LogP contribution in [0.4, 0.5) is 0 Å². The third-order valence-electron chi connectivity index (χ3n) is 3.49. The molecule has 0 radical (unpaired) electrons. The fourth-order valence-electron chi connectivity index (χ4n) is 2.34. The Morgan fingerprint density at radius 2 is 1.64 bits per heavy atom. The summed E-state index contributed by atoms with van der Waals surface area (Å²) in [7, 11) is -10.4. The van der Waals surface area contributed by atoms with Gasteiger partial charge in [-0.05, 0) is 42.7 Å². The van der Waals surface area contributed by atoms with E-state index in [0.29, 0.717) is 17.9 Å². The van der Waals surface area contributed by atoms with Crippen LogP contribution in [0.5, 0.6) is 11.5 Å². The maximum Gasteiger partial charge on any atom is 0.301 e. The van der Waals surface area contributed by atoms with E-state index in [1.807, 2.05) is 18.2 Å². The summed E-state index contributed by atoms with van der Waals surface area (Å²) in [6.07, 6.45) is -0.0292. The van der Waals surface area contributed by atoms with Crippen molar-refractivity contribution >= 4 is 18.1 Å². The van der Waals surface area contributed by atoms with Gasteiger partial charge >= 0.3 is 10.1 Å². The lowest BCUT2D eigenvalue weighted by Crippen LogP contribution is -2.44. The molecule has 2 aromatic carbocycles. The summed E-state index contributed by atoms with van der Waals surface area (Å²) in [5, 5.41) is 0. The molecule has 0 unspecified atom stereocenters. The van der Waals surface area contributed by atoms with Gasteiger partial charge in [0, 0.05) is 6.42 Å². The van der Waals surface area contributed by atoms with E-state index in [0.717, 1.165) is 5.56 Å². The van der Waals surface area contributed by atoms with Crippen molar-refractivity contribution in [3.63, 3.8) is 0 Å². The van der Waals surface area contributed by atoms with Gasteiger partial charge in [0.15, 0.2) is 4.99 Å². The molecule has 0 fully saturated rings. The first kappa shape index (κ1) is 19.8. The summed E-state index contributed by atoms with van der Waals surface area (Å²) in [6.45, 7) is 0. The number of hydrogen-bond acceptors (Lipinski definition) is 6. The van der Waals surface area contributed by atoms with Gasteiger partial charge in [0.2, 0.25) is 0 Å². The second-order valence-electron chi connectivity index (χ2n) is 5.46. The van der Waals surface area contributed by atoms with Crippen LogP contribution in [0.1, 0.15) is 18.4 Å². The van der Waals surface area contributed by atoms with Gasteiger partial charge in [-0.3, -0.25) is 4.55 Å². The number of benzene rings is 2. The molecule has 0 amide bonds. The molecule has 2 aromatic rings. The lowest BCUT2D eigenvalue weighted by Gasteiger charge is -2.46. The molecule has 0 aliphatic heterocycles. The molecule has 25 heavy (non-hydrogen) atoms. The Labute approximate surface area is 146 Å². The minimum absolute atomic E-state index is 0.105. The third kappa shape index (κ3) is 6.36. The SMILES string of the molecule is O=S(=O)(O)[C@@H](CCCc1cccc(Oc2ccccc2)c1)[P+]([O-])([O-])[O-]. The lowest BCUT2D eigenvalue weighted by atomic mass is 10.1. The molecule has 7 nitrogen and oxygen atoms in total. The van der Waals surface area contributed by atoms with Crippen LogP contribution < -0.4 is 19.4 Å². The van der Waals surface area contributed by atoms with Crippen LogP contribution >= 0.6 is 7.94 Å². The largest absolute Gasteiger partial charge is 0.687 e. The molecule has 136 valence electrons. The first-order valence-electron chi connectivity index (χ1n) is 7.46. The Morgan fingerprint density at radius 3 is 2.24 bits per heavy atom. The zero-order chi connectivity index (χ0) is 18.5. The second kappa shape index (κ2) is 8.23. The fourth-order valence-corrected chi connectivity index (χ4v) is 4.61. The summed E-state index contributed by atoms with van der Waals surface area (Å²) in [5.41, 5.74) is 0.786. The molecule has 0 saturated heterocycles. The average molecular weight is 384 g/mol. The highest BCUT2D eigenvalue weighted by Gasteiger charge is 2.30. The number of aryl methyl sites for hydroxylation is 1. The normalized spacial score (nSPS) is 13.4. The van der Waals surface area contributed by atoms with E-state index in [2.05, 4.69) is 0 Å². The minimum atomic E-state index is -5.44. The van der Waals surface area contributed by atoms with Crippen molar-refractivity contribution < 1.29 is 32.4 Å². The Bertz CT molecular complexity index is 788. The zero-order valence-electron chi connectivity index (χ0n) is 13.1. The molecule has 0 aliphatic carbocycles. The van der Waals surface area contributed by atoms with Crippen LogP contribution in [-0.4, -0.2) is 18.0 Å². The van der Waals surface area contributed by atoms with Gasteiger partial charge in [0.25, 0.3) is 0 Å². The average Bonchev–Trinajstić information content (AvgIpc) is 2.50. The lowest BCUT2D eigenvalue weighted by molar-refractivity contribution is -0.428. The quantitative estimate of drug-likeness (QED) is 0.527. The highest BCUT2D eigenvalue weighted by Crippen LogP contribution is 2.41. The smallest absolute Gasteiger partial charge is 0.301 e. The van der Waals surface area contributed by atoms with Crippen molar-refractivity contribution in [3.05, 3.63) is 60.2 Å². The van der Waals surface area contributed by atoms with E-state index in [1.54, 1.807) is 36.4 Å². The highest BCUT2D eigenvalue weighted by molar-refractivity contribution is 7.94. The molecular weight excluding hydrogens is 367 g/mol. The monoisotopic (exact) mass is 384 g/mol. The van der Waals surface area contributed by atoms with Gasteiger partial charge in [-0.15, -0.1) is 7.94 Å². The van der Waals surface area contributed by atoms with Crippen LogP contribution in [0.3, 0.4) is 0 Å². The van der Waals surface area contributed by atoms with Gasteiger partial charge in [0.1, 0.15) is 11.5 Å². The first-order valence-corrected chi connectivity index (χ1v) is 10.6. The maximum absolute atomic E-state index is 11.0. The molecule has 0 saturated carbocycles. The molecule has 2 rings (SSSR count). The predicted octanol–water partition coefficient (Wildman–Crippen LogP) is 0.859. The van der Waals surface area contributed by atoms with E-state index in [-0.39, 0.29) is 6.42 Å². The fraction of sp³-hybridized carbons (Fsp3) is 0.250. The second-order valence-corrected chi connectivity index (χ2v) is 9.12. The van der Waals surface area contributed by atoms with Crippen LogP contribution in [0.2, 0.25) is 0 Å². The predicted molar refractivity (Wildman–Crippen MR) is 88.2 cm³/mol. The zero-order valence-corrected chi connectivity index (χ0v) is 14.9. The van der Waals surface area contributed by atoms with Crippen molar-refractivity contribution in [1.29, 1.82) is 0 Å². The molecule has 0 heterocycles. The standard InChI is InChI=1S/C16H19O7PS/c17-24(18,19)16(25(20,21)22)11-5-7-13-6-4-10-15(12-13)23-14-8-2-1-3-9-14/h1-4,6,8-10,12,16H,5,7,11H2,(H2,17,18,19)(H,20,21,22)/p-2/t16-/m0/s1. The van der Waals surface area contributed by atoms with Crippen LogP contribution in [-0.2, 0) is 16.5 Å². The molecule has 0 aliphatic rings. The van der Waals surface area contributed by atoms with Crippen LogP contribution in [0.25, 0.3) is 0 Å². The Hall–Kier alpha value is -1.54. The van der Waals surface area contributed by atoms with E-state index in [4.69, 9.17) is 9.29 Å². The van der Waals surface area contributed by atoms with Crippen molar-refractivity contribution in [2.75, 3.05) is 0 Å². The molecular formula is C16H17O7PS-2. The third-order valence-corrected chi connectivity index (χ3v) is 6.95. The number of ether oxygens (including phenoxy) is 1. The first-order chi connectivity index (χ1) is 11.7. The Kier molecular flexibility index (Phi) is 6.51.